The van der Waals surface area contributed by atoms with E-state index in [9.17, 15) is 9.59 Å². The quantitative estimate of drug-likeness (QED) is 0.573. The number of nitrogens with zero attached hydrogens (tertiary/aromatic N) is 3. The minimum atomic E-state index is -0.223. The molecule has 3 aromatic rings. The first-order chi connectivity index (χ1) is 15.0. The van der Waals surface area contributed by atoms with Crippen LogP contribution in [0.2, 0.25) is 0 Å². The molecule has 2 heterocycles. The van der Waals surface area contributed by atoms with Gasteiger partial charge in [0.2, 0.25) is 0 Å². The van der Waals surface area contributed by atoms with Crippen molar-refractivity contribution in [3.63, 3.8) is 0 Å². The van der Waals surface area contributed by atoms with Crippen LogP contribution in [-0.4, -0.2) is 38.8 Å². The molecule has 158 valence electrons. The molecule has 0 spiro atoms. The van der Waals surface area contributed by atoms with E-state index in [1.54, 1.807) is 23.3 Å². The molecule has 2 saturated carbocycles. The van der Waals surface area contributed by atoms with Crippen LogP contribution in [0.1, 0.15) is 41.6 Å². The number of hydrogen-bond donors (Lipinski definition) is 3. The summed E-state index contributed by atoms with van der Waals surface area (Å²) >= 11 is 0. The molecule has 2 aliphatic carbocycles. The maximum Gasteiger partial charge on any atom is 0.319 e. The van der Waals surface area contributed by atoms with Crippen molar-refractivity contribution in [2.45, 2.75) is 44.7 Å². The summed E-state index contributed by atoms with van der Waals surface area (Å²) in [4.78, 5) is 28.6. The Kier molecular flexibility index (Phi) is 4.89. The summed E-state index contributed by atoms with van der Waals surface area (Å²) in [7, 11) is 0. The Bertz CT molecular complexity index is 1150. The number of benzene rings is 1. The Morgan fingerprint density at radius 2 is 1.77 bits per heavy atom. The number of aryl methyl sites for hydroxylation is 1. The molecular weight excluding hydrogens is 392 g/mol. The number of carbonyl (C=O) groups is 2. The molecular formula is C23H24N6O2. The van der Waals surface area contributed by atoms with E-state index < -0.39 is 0 Å². The van der Waals surface area contributed by atoms with Gasteiger partial charge in [0.1, 0.15) is 0 Å². The van der Waals surface area contributed by atoms with Gasteiger partial charge in [0.15, 0.2) is 0 Å². The lowest BCUT2D eigenvalue weighted by Gasteiger charge is -2.09. The number of aromatic nitrogens is 3. The third kappa shape index (κ3) is 4.58. The zero-order valence-corrected chi connectivity index (χ0v) is 17.3. The average Bonchev–Trinajstić information content (AvgIpc) is 3.69. The van der Waals surface area contributed by atoms with Crippen LogP contribution in [0.5, 0.6) is 0 Å². The summed E-state index contributed by atoms with van der Waals surface area (Å²) in [6, 6.07) is 7.93. The van der Waals surface area contributed by atoms with Gasteiger partial charge in [-0.15, -0.1) is 0 Å². The van der Waals surface area contributed by atoms with Crippen LogP contribution in [0.15, 0.2) is 49.1 Å². The highest BCUT2D eigenvalue weighted by Gasteiger charge is 2.24. The lowest BCUT2D eigenvalue weighted by molar-refractivity contribution is 0.0951. The summed E-state index contributed by atoms with van der Waals surface area (Å²) in [5.41, 5.74) is 4.91. The zero-order valence-electron chi connectivity index (χ0n) is 17.3. The van der Waals surface area contributed by atoms with Crippen molar-refractivity contribution in [2.75, 3.05) is 5.32 Å². The van der Waals surface area contributed by atoms with Gasteiger partial charge in [0, 0.05) is 29.4 Å². The summed E-state index contributed by atoms with van der Waals surface area (Å²) in [6.07, 6.45) is 11.1. The van der Waals surface area contributed by atoms with Crippen LogP contribution in [0.25, 0.3) is 16.8 Å². The minimum Gasteiger partial charge on any atom is -0.349 e. The van der Waals surface area contributed by atoms with E-state index in [4.69, 9.17) is 0 Å². The van der Waals surface area contributed by atoms with Crippen molar-refractivity contribution < 1.29 is 9.59 Å². The SMILES string of the molecule is Cc1ccc(C(=O)NC2CC2)cc1-c1cnn(-c2cncc(NC(=O)NC3CC3)c2)c1. The van der Waals surface area contributed by atoms with Gasteiger partial charge in [-0.25, -0.2) is 9.48 Å². The van der Waals surface area contributed by atoms with Crippen molar-refractivity contribution in [2.24, 2.45) is 0 Å². The number of urea groups is 1. The molecule has 2 aromatic heterocycles. The summed E-state index contributed by atoms with van der Waals surface area (Å²) in [5.74, 6) is -0.0383. The van der Waals surface area contributed by atoms with Crippen LogP contribution >= 0.6 is 0 Å². The van der Waals surface area contributed by atoms with Gasteiger partial charge in [0.05, 0.1) is 30.0 Å². The van der Waals surface area contributed by atoms with Crippen LogP contribution < -0.4 is 16.0 Å². The molecule has 0 aliphatic heterocycles. The molecule has 3 amide bonds. The van der Waals surface area contributed by atoms with Crippen LogP contribution in [0, 0.1) is 6.92 Å². The largest absolute Gasteiger partial charge is 0.349 e. The molecule has 0 unspecified atom stereocenters. The lowest BCUT2D eigenvalue weighted by atomic mass is 10.0. The van der Waals surface area contributed by atoms with Crippen LogP contribution in [0.4, 0.5) is 10.5 Å². The number of amides is 3. The van der Waals surface area contributed by atoms with Crippen LogP contribution in [-0.2, 0) is 0 Å². The van der Waals surface area contributed by atoms with Gasteiger partial charge in [-0.3, -0.25) is 9.78 Å². The molecule has 8 heteroatoms. The van der Waals surface area contributed by atoms with Crippen molar-refractivity contribution in [1.82, 2.24) is 25.4 Å². The standard InChI is InChI=1S/C23H24N6O2/c1-14-2-3-15(22(30)26-17-4-5-17)8-21(14)16-10-25-29(13-16)20-9-19(11-24-12-20)28-23(31)27-18-6-7-18/h2-3,8-13,17-18H,4-7H2,1H3,(H,26,30)(H2,27,28,31). The molecule has 2 fully saturated rings. The van der Waals surface area contributed by atoms with Crippen molar-refractivity contribution in [3.05, 3.63) is 60.2 Å². The lowest BCUT2D eigenvalue weighted by Crippen LogP contribution is -2.30. The first-order valence-corrected chi connectivity index (χ1v) is 10.5. The number of nitrogens with one attached hydrogen (secondary N) is 3. The van der Waals surface area contributed by atoms with Crippen molar-refractivity contribution in [1.29, 1.82) is 0 Å². The number of carbonyl (C=O) groups excluding carboxylic acids is 2. The average molecular weight is 416 g/mol. The fourth-order valence-electron chi connectivity index (χ4n) is 3.38. The van der Waals surface area contributed by atoms with Crippen LogP contribution in [0.3, 0.4) is 0 Å². The Balaban J connectivity index is 1.35. The second-order valence-electron chi connectivity index (χ2n) is 8.26. The van der Waals surface area contributed by atoms with E-state index in [1.807, 2.05) is 37.4 Å². The summed E-state index contributed by atoms with van der Waals surface area (Å²) in [6.45, 7) is 2.01. The molecule has 8 nitrogen and oxygen atoms in total. The van der Waals surface area contributed by atoms with Crippen molar-refractivity contribution in [3.8, 4) is 16.8 Å². The zero-order chi connectivity index (χ0) is 21.4. The molecule has 3 N–H and O–H groups in total. The molecule has 0 saturated heterocycles. The summed E-state index contributed by atoms with van der Waals surface area (Å²) < 4.78 is 1.71. The third-order valence-corrected chi connectivity index (χ3v) is 5.46. The number of hydrogen-bond acceptors (Lipinski definition) is 4. The molecule has 0 bridgehead atoms. The van der Waals surface area contributed by atoms with E-state index >= 15 is 0 Å². The highest BCUT2D eigenvalue weighted by molar-refractivity contribution is 5.96. The Morgan fingerprint density at radius 3 is 2.55 bits per heavy atom. The fourth-order valence-corrected chi connectivity index (χ4v) is 3.38. The van der Waals surface area contributed by atoms with Gasteiger partial charge in [0.25, 0.3) is 5.91 Å². The van der Waals surface area contributed by atoms with Gasteiger partial charge < -0.3 is 16.0 Å². The maximum absolute atomic E-state index is 12.4. The van der Waals surface area contributed by atoms with Gasteiger partial charge in [-0.1, -0.05) is 6.07 Å². The smallest absolute Gasteiger partial charge is 0.319 e. The maximum atomic E-state index is 12.4. The molecule has 0 radical (unpaired) electrons. The highest BCUT2D eigenvalue weighted by atomic mass is 16.2. The highest BCUT2D eigenvalue weighted by Crippen LogP contribution is 2.26. The van der Waals surface area contributed by atoms with Gasteiger partial charge >= 0.3 is 6.03 Å². The predicted octanol–water partition coefficient (Wildman–Crippen LogP) is 3.42. The number of pyridine rings is 1. The normalized spacial score (nSPS) is 15.4. The Morgan fingerprint density at radius 1 is 1.00 bits per heavy atom. The molecule has 5 rings (SSSR count). The Hall–Kier alpha value is -3.68. The molecule has 2 aliphatic rings. The van der Waals surface area contributed by atoms with E-state index in [-0.39, 0.29) is 18.0 Å². The molecule has 31 heavy (non-hydrogen) atoms. The fraction of sp³-hybridized carbons (Fsp3) is 0.304. The van der Waals surface area contributed by atoms with Gasteiger partial charge in [-0.05, 0) is 61.9 Å². The third-order valence-electron chi connectivity index (χ3n) is 5.46. The second-order valence-corrected chi connectivity index (χ2v) is 8.26. The second kappa shape index (κ2) is 7.86. The number of rotatable bonds is 6. The van der Waals surface area contributed by atoms with E-state index in [0.29, 0.717) is 17.3 Å². The first-order valence-electron chi connectivity index (χ1n) is 10.5. The summed E-state index contributed by atoms with van der Waals surface area (Å²) in [5, 5.41) is 13.2. The molecule has 1 aromatic carbocycles. The van der Waals surface area contributed by atoms with E-state index in [2.05, 4.69) is 26.0 Å². The predicted molar refractivity (Wildman–Crippen MR) is 117 cm³/mol. The van der Waals surface area contributed by atoms with E-state index in [1.165, 1.54) is 0 Å². The van der Waals surface area contributed by atoms with E-state index in [0.717, 1.165) is 48.1 Å². The first kappa shape index (κ1) is 19.3. The van der Waals surface area contributed by atoms with Gasteiger partial charge in [-0.2, -0.15) is 5.10 Å². The molecule has 0 atom stereocenters. The minimum absolute atomic E-state index is 0.0383. The Labute approximate surface area is 180 Å². The monoisotopic (exact) mass is 416 g/mol. The topological polar surface area (TPSA) is 101 Å². The number of anilines is 1. The van der Waals surface area contributed by atoms with Crippen molar-refractivity contribution >= 4 is 17.6 Å².